The van der Waals surface area contributed by atoms with Crippen LogP contribution >= 0.6 is 0 Å². The maximum atomic E-state index is 12.1. The molecule has 2 rings (SSSR count). The zero-order valence-corrected chi connectivity index (χ0v) is 15.2. The number of amides is 1. The highest BCUT2D eigenvalue weighted by atomic mass is 16.5. The van der Waals surface area contributed by atoms with Crippen LogP contribution in [0.3, 0.4) is 0 Å². The maximum Gasteiger partial charge on any atom is 0.310 e. The minimum atomic E-state index is -0.899. The van der Waals surface area contributed by atoms with Crippen LogP contribution in [0.5, 0.6) is 11.5 Å². The topological polar surface area (TPSA) is 73.9 Å². The Morgan fingerprint density at radius 2 is 1.62 bits per heavy atom. The quantitative estimate of drug-likeness (QED) is 0.734. The molecule has 138 valence electrons. The Balaban J connectivity index is 1.72. The van der Waals surface area contributed by atoms with Crippen LogP contribution in [0.2, 0.25) is 0 Å². The molecule has 0 unspecified atom stereocenters. The van der Waals surface area contributed by atoms with E-state index in [0.29, 0.717) is 17.2 Å². The van der Waals surface area contributed by atoms with Crippen LogP contribution in [0.1, 0.15) is 18.9 Å². The number of methoxy groups -OCH3 is 1. The first-order valence-corrected chi connectivity index (χ1v) is 8.32. The zero-order valence-electron chi connectivity index (χ0n) is 15.2. The van der Waals surface area contributed by atoms with Crippen molar-refractivity contribution in [3.63, 3.8) is 0 Å². The lowest BCUT2D eigenvalue weighted by Gasteiger charge is -2.14. The molecule has 26 heavy (non-hydrogen) atoms. The fourth-order valence-electron chi connectivity index (χ4n) is 2.11. The Bertz CT molecular complexity index is 725. The summed E-state index contributed by atoms with van der Waals surface area (Å²) in [7, 11) is 1.57. The van der Waals surface area contributed by atoms with Crippen LogP contribution in [-0.4, -0.2) is 31.7 Å². The summed E-state index contributed by atoms with van der Waals surface area (Å²) >= 11 is 0. The molecule has 2 aromatic rings. The second-order valence-corrected chi connectivity index (χ2v) is 5.76. The number of aryl methyl sites for hydroxylation is 1. The van der Waals surface area contributed by atoms with Gasteiger partial charge < -0.3 is 19.5 Å². The molecule has 0 aliphatic rings. The van der Waals surface area contributed by atoms with Gasteiger partial charge in [0.15, 0.2) is 6.10 Å². The molecule has 0 saturated carbocycles. The third-order valence-electron chi connectivity index (χ3n) is 3.63. The van der Waals surface area contributed by atoms with Crippen LogP contribution in [0.15, 0.2) is 48.5 Å². The fraction of sp³-hybridized carbons (Fsp3) is 0.300. The number of carbonyl (C=O) groups excluding carboxylic acids is 2. The lowest BCUT2D eigenvalue weighted by molar-refractivity contribution is -0.153. The predicted molar refractivity (Wildman–Crippen MR) is 98.5 cm³/mol. The molecule has 0 spiro atoms. The molecule has 0 aliphatic heterocycles. The second-order valence-electron chi connectivity index (χ2n) is 5.76. The van der Waals surface area contributed by atoms with Gasteiger partial charge in [-0.05, 0) is 50.2 Å². The van der Waals surface area contributed by atoms with E-state index in [9.17, 15) is 9.59 Å². The van der Waals surface area contributed by atoms with Crippen LogP contribution in [0.25, 0.3) is 0 Å². The van der Waals surface area contributed by atoms with E-state index in [-0.39, 0.29) is 13.0 Å². The van der Waals surface area contributed by atoms with Gasteiger partial charge in [-0.25, -0.2) is 0 Å². The first kappa shape index (κ1) is 19.3. The molecule has 0 fully saturated rings. The average Bonchev–Trinajstić information content (AvgIpc) is 2.64. The molecule has 0 heterocycles. The SMILES string of the molecule is COc1ccc(NC(=O)[C@@H](C)OC(=O)CCOc2ccc(C)cc2)cc1. The Morgan fingerprint density at radius 1 is 1.00 bits per heavy atom. The van der Waals surface area contributed by atoms with E-state index >= 15 is 0 Å². The minimum Gasteiger partial charge on any atom is -0.497 e. The zero-order chi connectivity index (χ0) is 18.9. The van der Waals surface area contributed by atoms with E-state index in [1.54, 1.807) is 31.4 Å². The Morgan fingerprint density at radius 3 is 2.23 bits per heavy atom. The number of hydrogen-bond donors (Lipinski definition) is 1. The third-order valence-corrected chi connectivity index (χ3v) is 3.63. The number of nitrogens with one attached hydrogen (secondary N) is 1. The number of anilines is 1. The number of carbonyl (C=O) groups is 2. The molecule has 1 amide bonds. The fourth-order valence-corrected chi connectivity index (χ4v) is 2.11. The van der Waals surface area contributed by atoms with E-state index in [4.69, 9.17) is 14.2 Å². The number of rotatable bonds is 8. The van der Waals surface area contributed by atoms with Gasteiger partial charge in [-0.3, -0.25) is 9.59 Å². The van der Waals surface area contributed by atoms with Gasteiger partial charge >= 0.3 is 5.97 Å². The molecule has 1 N–H and O–H groups in total. The Labute approximate surface area is 153 Å². The van der Waals surface area contributed by atoms with Crippen molar-refractivity contribution >= 4 is 17.6 Å². The summed E-state index contributed by atoms with van der Waals surface area (Å²) in [5.41, 5.74) is 1.73. The molecule has 0 bridgehead atoms. The van der Waals surface area contributed by atoms with Gasteiger partial charge in [-0.2, -0.15) is 0 Å². The number of esters is 1. The highest BCUT2D eigenvalue weighted by Crippen LogP contribution is 2.15. The van der Waals surface area contributed by atoms with Gasteiger partial charge in [0.2, 0.25) is 0 Å². The van der Waals surface area contributed by atoms with E-state index in [0.717, 1.165) is 5.56 Å². The number of hydrogen-bond acceptors (Lipinski definition) is 5. The van der Waals surface area contributed by atoms with Crippen molar-refractivity contribution < 1.29 is 23.8 Å². The van der Waals surface area contributed by atoms with Gasteiger partial charge in [0.25, 0.3) is 5.91 Å². The molecular formula is C20H23NO5. The number of benzene rings is 2. The summed E-state index contributed by atoms with van der Waals surface area (Å²) in [4.78, 5) is 23.9. The van der Waals surface area contributed by atoms with Gasteiger partial charge in [0, 0.05) is 5.69 Å². The molecule has 6 heteroatoms. The van der Waals surface area contributed by atoms with E-state index < -0.39 is 18.0 Å². The van der Waals surface area contributed by atoms with Gasteiger partial charge in [-0.1, -0.05) is 17.7 Å². The lowest BCUT2D eigenvalue weighted by Crippen LogP contribution is -2.30. The molecule has 2 aromatic carbocycles. The summed E-state index contributed by atoms with van der Waals surface area (Å²) in [5.74, 6) is 0.488. The molecule has 0 saturated heterocycles. The standard InChI is InChI=1S/C20H23NO5/c1-14-4-8-18(9-5-14)25-13-12-19(22)26-15(2)20(23)21-16-6-10-17(24-3)11-7-16/h4-11,15H,12-13H2,1-3H3,(H,21,23)/t15-/m1/s1. The summed E-state index contributed by atoms with van der Waals surface area (Å²) in [6.07, 6.45) is -0.836. The average molecular weight is 357 g/mol. The Kier molecular flexibility index (Phi) is 7.02. The highest BCUT2D eigenvalue weighted by molar-refractivity contribution is 5.95. The highest BCUT2D eigenvalue weighted by Gasteiger charge is 2.18. The van der Waals surface area contributed by atoms with Crippen molar-refractivity contribution in [2.24, 2.45) is 0 Å². The van der Waals surface area contributed by atoms with E-state index in [1.165, 1.54) is 6.92 Å². The molecule has 0 aromatic heterocycles. The first-order chi connectivity index (χ1) is 12.5. The third kappa shape index (κ3) is 6.12. The van der Waals surface area contributed by atoms with E-state index in [2.05, 4.69) is 5.32 Å². The predicted octanol–water partition coefficient (Wildman–Crippen LogP) is 3.34. The second kappa shape index (κ2) is 9.46. The van der Waals surface area contributed by atoms with Gasteiger partial charge in [0.1, 0.15) is 11.5 Å². The van der Waals surface area contributed by atoms with E-state index in [1.807, 2.05) is 31.2 Å². The van der Waals surface area contributed by atoms with Crippen LogP contribution < -0.4 is 14.8 Å². The van der Waals surface area contributed by atoms with Crippen molar-refractivity contribution in [1.82, 2.24) is 0 Å². The van der Waals surface area contributed by atoms with Crippen molar-refractivity contribution in [2.75, 3.05) is 19.0 Å². The van der Waals surface area contributed by atoms with Crippen molar-refractivity contribution in [3.05, 3.63) is 54.1 Å². The van der Waals surface area contributed by atoms with Crippen molar-refractivity contribution in [3.8, 4) is 11.5 Å². The van der Waals surface area contributed by atoms with Crippen molar-refractivity contribution in [1.29, 1.82) is 0 Å². The monoisotopic (exact) mass is 357 g/mol. The summed E-state index contributed by atoms with van der Waals surface area (Å²) in [6, 6.07) is 14.4. The molecular weight excluding hydrogens is 334 g/mol. The Hall–Kier alpha value is -3.02. The maximum absolute atomic E-state index is 12.1. The van der Waals surface area contributed by atoms with Gasteiger partial charge in [0.05, 0.1) is 20.1 Å². The smallest absolute Gasteiger partial charge is 0.310 e. The van der Waals surface area contributed by atoms with Crippen LogP contribution in [-0.2, 0) is 14.3 Å². The normalized spacial score (nSPS) is 11.3. The van der Waals surface area contributed by atoms with Crippen LogP contribution in [0.4, 0.5) is 5.69 Å². The molecule has 0 aliphatic carbocycles. The summed E-state index contributed by atoms with van der Waals surface area (Å²) in [5, 5.41) is 2.68. The largest absolute Gasteiger partial charge is 0.497 e. The first-order valence-electron chi connectivity index (χ1n) is 8.32. The summed E-state index contributed by atoms with van der Waals surface area (Å²) in [6.45, 7) is 3.70. The lowest BCUT2D eigenvalue weighted by atomic mass is 10.2. The van der Waals surface area contributed by atoms with Gasteiger partial charge in [-0.15, -0.1) is 0 Å². The number of ether oxygens (including phenoxy) is 3. The molecule has 0 radical (unpaired) electrons. The molecule has 1 atom stereocenters. The van der Waals surface area contributed by atoms with Crippen LogP contribution in [0, 0.1) is 6.92 Å². The minimum absolute atomic E-state index is 0.0635. The summed E-state index contributed by atoms with van der Waals surface area (Å²) < 4.78 is 15.7. The van der Waals surface area contributed by atoms with Crippen molar-refractivity contribution in [2.45, 2.75) is 26.4 Å². The molecule has 6 nitrogen and oxygen atoms in total.